The number of nitrogens with zero attached hydrogens (tertiary/aromatic N) is 3. The van der Waals surface area contributed by atoms with Crippen molar-refractivity contribution in [2.45, 2.75) is 19.4 Å². The van der Waals surface area contributed by atoms with Crippen LogP contribution in [-0.2, 0) is 20.9 Å². The van der Waals surface area contributed by atoms with Crippen LogP contribution in [0.25, 0.3) is 0 Å². The summed E-state index contributed by atoms with van der Waals surface area (Å²) in [5.41, 5.74) is -0.487. The first-order valence-corrected chi connectivity index (χ1v) is 8.08. The number of carbonyl (C=O) groups excluding carboxylic acids is 2. The van der Waals surface area contributed by atoms with Gasteiger partial charge in [0.15, 0.2) is 0 Å². The molecule has 0 saturated carbocycles. The van der Waals surface area contributed by atoms with Gasteiger partial charge in [0.05, 0.1) is 23.9 Å². The Kier molecular flexibility index (Phi) is 6.27. The Morgan fingerprint density at radius 3 is 2.44 bits per heavy atom. The molecule has 2 rings (SSSR count). The lowest BCUT2D eigenvalue weighted by Gasteiger charge is -2.23. The van der Waals surface area contributed by atoms with Gasteiger partial charge in [0.1, 0.15) is 6.61 Å². The second-order valence-corrected chi connectivity index (χ2v) is 6.39. The molecule has 1 aromatic rings. The molecule has 1 unspecified atom stereocenters. The highest BCUT2D eigenvalue weighted by Crippen LogP contribution is 2.35. The maximum absolute atomic E-state index is 12.2. The highest BCUT2D eigenvalue weighted by Gasteiger charge is 2.46. The van der Waals surface area contributed by atoms with Crippen LogP contribution in [0.5, 0.6) is 0 Å². The van der Waals surface area contributed by atoms with Crippen LogP contribution < -0.4 is 0 Å². The molecule has 0 spiro atoms. The van der Waals surface area contributed by atoms with Gasteiger partial charge < -0.3 is 14.4 Å². The van der Waals surface area contributed by atoms with Gasteiger partial charge in [0.25, 0.3) is 5.69 Å². The van der Waals surface area contributed by atoms with Crippen LogP contribution in [0, 0.1) is 25.6 Å². The molecule has 11 heteroatoms. The third-order valence-electron chi connectivity index (χ3n) is 4.42. The van der Waals surface area contributed by atoms with E-state index in [1.807, 2.05) is 0 Å². The van der Waals surface area contributed by atoms with E-state index in [0.717, 1.165) is 0 Å². The predicted octanol–water partition coefficient (Wildman–Crippen LogP) is 1.76. The van der Waals surface area contributed by atoms with E-state index < -0.39 is 33.9 Å². The quantitative estimate of drug-likeness (QED) is 0.395. The lowest BCUT2D eigenvalue weighted by atomic mass is 9.83. The first kappa shape index (κ1) is 20.1. The van der Waals surface area contributed by atoms with Crippen molar-refractivity contribution in [3.63, 3.8) is 0 Å². The predicted molar refractivity (Wildman–Crippen MR) is 90.4 cm³/mol. The number of nitro benzene ring substituents is 1. The zero-order valence-electron chi connectivity index (χ0n) is 14.7. The van der Waals surface area contributed by atoms with Crippen molar-refractivity contribution in [2.75, 3.05) is 26.7 Å². The number of hydrogen-bond donors (Lipinski definition) is 0. The largest absolute Gasteiger partial charge is 0.469 e. The summed E-state index contributed by atoms with van der Waals surface area (Å²) in [5, 5.41) is 21.6. The van der Waals surface area contributed by atoms with Crippen LogP contribution in [0.2, 0.25) is 0 Å². The van der Waals surface area contributed by atoms with E-state index in [4.69, 9.17) is 4.74 Å². The molecule has 0 aromatic heterocycles. The van der Waals surface area contributed by atoms with E-state index in [0.29, 0.717) is 5.56 Å². The van der Waals surface area contributed by atoms with E-state index in [1.165, 1.54) is 36.3 Å². The Hall–Kier alpha value is -3.24. The Balaban J connectivity index is 1.95. The van der Waals surface area contributed by atoms with Gasteiger partial charge in [0.2, 0.25) is 6.54 Å². The standard InChI is InChI=1S/C16H19N3O8/c1-26-14(20)8-16(11-18(22)23)6-7-17(10-16)15(21)27-9-12-2-4-13(5-3-12)19(24)25/h2-5H,6-11H2,1H3. The topological polar surface area (TPSA) is 142 Å². The van der Waals surface area contributed by atoms with Gasteiger partial charge in [-0.2, -0.15) is 0 Å². The first-order chi connectivity index (χ1) is 12.7. The molecular weight excluding hydrogens is 362 g/mol. The van der Waals surface area contributed by atoms with Gasteiger partial charge >= 0.3 is 12.1 Å². The highest BCUT2D eigenvalue weighted by atomic mass is 16.6. The Bertz CT molecular complexity index is 736. The summed E-state index contributed by atoms with van der Waals surface area (Å²) in [6, 6.07) is 5.56. The minimum Gasteiger partial charge on any atom is -0.469 e. The summed E-state index contributed by atoms with van der Waals surface area (Å²) in [5.74, 6) is -0.571. The van der Waals surface area contributed by atoms with Crippen LogP contribution in [0.15, 0.2) is 24.3 Å². The van der Waals surface area contributed by atoms with Crippen LogP contribution in [-0.4, -0.2) is 53.6 Å². The minimum absolute atomic E-state index is 0.0160. The number of amides is 1. The summed E-state index contributed by atoms with van der Waals surface area (Å²) in [6.07, 6.45) is -0.532. The second-order valence-electron chi connectivity index (χ2n) is 6.39. The minimum atomic E-state index is -0.983. The smallest absolute Gasteiger partial charge is 0.410 e. The molecular formula is C16H19N3O8. The number of rotatable bonds is 7. The van der Waals surface area contributed by atoms with Gasteiger partial charge in [-0.3, -0.25) is 25.0 Å². The first-order valence-electron chi connectivity index (χ1n) is 8.08. The maximum atomic E-state index is 12.2. The Labute approximate surface area is 154 Å². The van der Waals surface area contributed by atoms with Crippen molar-refractivity contribution in [1.29, 1.82) is 0 Å². The maximum Gasteiger partial charge on any atom is 0.410 e. The molecule has 1 aliphatic rings. The number of hydrogen-bond acceptors (Lipinski definition) is 8. The summed E-state index contributed by atoms with van der Waals surface area (Å²) >= 11 is 0. The van der Waals surface area contributed by atoms with Crippen molar-refractivity contribution in [1.82, 2.24) is 4.90 Å². The lowest BCUT2D eigenvalue weighted by Crippen LogP contribution is -2.38. The second kappa shape index (κ2) is 8.43. The summed E-state index contributed by atoms with van der Waals surface area (Å²) in [4.78, 5) is 45.7. The number of methoxy groups -OCH3 is 1. The fraction of sp³-hybridized carbons (Fsp3) is 0.500. The van der Waals surface area contributed by atoms with E-state index in [2.05, 4.69) is 4.74 Å². The van der Waals surface area contributed by atoms with E-state index in [-0.39, 0.29) is 38.2 Å². The Morgan fingerprint density at radius 1 is 1.22 bits per heavy atom. The van der Waals surface area contributed by atoms with Crippen molar-refractivity contribution in [3.8, 4) is 0 Å². The number of benzene rings is 1. The fourth-order valence-corrected chi connectivity index (χ4v) is 3.02. The van der Waals surface area contributed by atoms with Crippen LogP contribution in [0.3, 0.4) is 0 Å². The van der Waals surface area contributed by atoms with Crippen LogP contribution >= 0.6 is 0 Å². The molecule has 11 nitrogen and oxygen atoms in total. The molecule has 0 radical (unpaired) electrons. The molecule has 1 aliphatic heterocycles. The van der Waals surface area contributed by atoms with Crippen LogP contribution in [0.1, 0.15) is 18.4 Å². The molecule has 1 amide bonds. The van der Waals surface area contributed by atoms with Gasteiger partial charge in [-0.15, -0.1) is 0 Å². The van der Waals surface area contributed by atoms with Gasteiger partial charge in [-0.1, -0.05) is 0 Å². The number of nitro groups is 2. The molecule has 0 aliphatic carbocycles. The average molecular weight is 381 g/mol. The lowest BCUT2D eigenvalue weighted by molar-refractivity contribution is -0.496. The zero-order valence-corrected chi connectivity index (χ0v) is 14.7. The average Bonchev–Trinajstić information content (AvgIpc) is 3.02. The number of ether oxygens (including phenoxy) is 2. The number of esters is 1. The third-order valence-corrected chi connectivity index (χ3v) is 4.42. The van der Waals surface area contributed by atoms with Crippen molar-refractivity contribution in [2.24, 2.45) is 5.41 Å². The fourth-order valence-electron chi connectivity index (χ4n) is 3.02. The summed E-state index contributed by atoms with van der Waals surface area (Å²) in [6.45, 7) is -0.299. The summed E-state index contributed by atoms with van der Waals surface area (Å²) in [7, 11) is 1.20. The Morgan fingerprint density at radius 2 is 1.89 bits per heavy atom. The molecule has 0 N–H and O–H groups in total. The molecule has 0 bridgehead atoms. The number of non-ortho nitro benzene ring substituents is 1. The molecule has 1 heterocycles. The number of likely N-dealkylation sites (tertiary alicyclic amines) is 1. The monoisotopic (exact) mass is 381 g/mol. The molecule has 1 fully saturated rings. The van der Waals surface area contributed by atoms with Crippen molar-refractivity contribution in [3.05, 3.63) is 50.1 Å². The highest BCUT2D eigenvalue weighted by molar-refractivity contribution is 5.71. The van der Waals surface area contributed by atoms with Crippen LogP contribution in [0.4, 0.5) is 10.5 Å². The molecule has 146 valence electrons. The molecule has 1 saturated heterocycles. The third kappa shape index (κ3) is 5.36. The zero-order chi connectivity index (χ0) is 20.0. The van der Waals surface area contributed by atoms with Crippen molar-refractivity contribution >= 4 is 17.7 Å². The number of carbonyl (C=O) groups is 2. The van der Waals surface area contributed by atoms with E-state index in [1.54, 1.807) is 0 Å². The van der Waals surface area contributed by atoms with E-state index >= 15 is 0 Å². The molecule has 1 atom stereocenters. The molecule has 1 aromatic carbocycles. The van der Waals surface area contributed by atoms with E-state index in [9.17, 15) is 29.8 Å². The SMILES string of the molecule is COC(=O)CC1(C[N+](=O)[O-])CCN(C(=O)OCc2ccc([N+](=O)[O-])cc2)C1. The molecule has 27 heavy (non-hydrogen) atoms. The normalized spacial score (nSPS) is 18.8. The summed E-state index contributed by atoms with van der Waals surface area (Å²) < 4.78 is 9.78. The van der Waals surface area contributed by atoms with Gasteiger partial charge in [-0.25, -0.2) is 4.79 Å². The van der Waals surface area contributed by atoms with Crippen molar-refractivity contribution < 1.29 is 28.9 Å². The van der Waals surface area contributed by atoms with Gasteiger partial charge in [-0.05, 0) is 24.1 Å². The van der Waals surface area contributed by atoms with Gasteiger partial charge in [0, 0.05) is 30.1 Å².